The third-order valence-corrected chi connectivity index (χ3v) is 5.79. The number of carbonyl (C=O) groups excluding carboxylic acids is 2. The second-order valence-corrected chi connectivity index (χ2v) is 7.41. The number of amides is 2. The van der Waals surface area contributed by atoms with Gasteiger partial charge in [-0.25, -0.2) is 0 Å². The second kappa shape index (κ2) is 7.02. The van der Waals surface area contributed by atoms with E-state index in [0.29, 0.717) is 34.8 Å². The van der Waals surface area contributed by atoms with E-state index in [2.05, 4.69) is 11.9 Å². The maximum Gasteiger partial charge on any atom is 0.279 e. The standard InChI is InChI=1S/C25H21N3O3/c1-3-16-27-20-13-7-5-11-18(20)25(24(27)30)26-19-12-6-4-10-17(19)23(29)28(25)21-14-8-9-15-22(21)31-2/h3-15,26H,1,16H2,2H3/t25-/m1/s1. The quantitative estimate of drug-likeness (QED) is 0.655. The fourth-order valence-corrected chi connectivity index (χ4v) is 4.49. The average molecular weight is 411 g/mol. The molecule has 1 N–H and O–H groups in total. The number of anilines is 3. The number of ether oxygens (including phenoxy) is 1. The van der Waals surface area contributed by atoms with Gasteiger partial charge in [0.2, 0.25) is 5.66 Å². The zero-order valence-corrected chi connectivity index (χ0v) is 17.0. The second-order valence-electron chi connectivity index (χ2n) is 7.41. The molecule has 0 aromatic heterocycles. The zero-order valence-electron chi connectivity index (χ0n) is 17.0. The van der Waals surface area contributed by atoms with Gasteiger partial charge in [-0.15, -0.1) is 6.58 Å². The minimum absolute atomic E-state index is 0.248. The molecule has 3 aromatic rings. The predicted molar refractivity (Wildman–Crippen MR) is 121 cm³/mol. The molecule has 2 heterocycles. The van der Waals surface area contributed by atoms with Crippen LogP contribution in [0.2, 0.25) is 0 Å². The third kappa shape index (κ3) is 2.51. The molecule has 1 spiro atoms. The highest BCUT2D eigenvalue weighted by molar-refractivity contribution is 6.23. The molecule has 1 atom stereocenters. The summed E-state index contributed by atoms with van der Waals surface area (Å²) >= 11 is 0. The molecule has 6 heteroatoms. The summed E-state index contributed by atoms with van der Waals surface area (Å²) < 4.78 is 5.57. The van der Waals surface area contributed by atoms with Crippen LogP contribution in [-0.2, 0) is 10.5 Å². The number of hydrogen-bond acceptors (Lipinski definition) is 4. The van der Waals surface area contributed by atoms with Gasteiger partial charge in [0.05, 0.1) is 24.0 Å². The van der Waals surface area contributed by atoms with Gasteiger partial charge in [0.15, 0.2) is 0 Å². The van der Waals surface area contributed by atoms with E-state index in [1.54, 1.807) is 36.3 Å². The highest BCUT2D eigenvalue weighted by Gasteiger charge is 2.59. The molecule has 2 aliphatic heterocycles. The van der Waals surface area contributed by atoms with Gasteiger partial charge in [-0.1, -0.05) is 48.5 Å². The van der Waals surface area contributed by atoms with Crippen LogP contribution in [0.5, 0.6) is 5.75 Å². The fourth-order valence-electron chi connectivity index (χ4n) is 4.49. The first kappa shape index (κ1) is 18.9. The Morgan fingerprint density at radius 2 is 1.65 bits per heavy atom. The molecule has 6 nitrogen and oxygen atoms in total. The van der Waals surface area contributed by atoms with Gasteiger partial charge < -0.3 is 15.0 Å². The van der Waals surface area contributed by atoms with Crippen LogP contribution in [-0.4, -0.2) is 25.5 Å². The molecule has 0 saturated carbocycles. The van der Waals surface area contributed by atoms with Crippen molar-refractivity contribution in [3.05, 3.63) is 96.6 Å². The Morgan fingerprint density at radius 1 is 0.968 bits per heavy atom. The molecule has 3 aromatic carbocycles. The van der Waals surface area contributed by atoms with Gasteiger partial charge in [-0.05, 0) is 30.3 Å². The summed E-state index contributed by atoms with van der Waals surface area (Å²) in [4.78, 5) is 31.1. The summed E-state index contributed by atoms with van der Waals surface area (Å²) in [6.45, 7) is 4.13. The van der Waals surface area contributed by atoms with E-state index in [4.69, 9.17) is 4.74 Å². The number of nitrogens with one attached hydrogen (secondary N) is 1. The summed E-state index contributed by atoms with van der Waals surface area (Å²) in [5.74, 6) is -0.0197. The lowest BCUT2D eigenvalue weighted by molar-refractivity contribution is -0.122. The van der Waals surface area contributed by atoms with Crippen LogP contribution in [0.15, 0.2) is 85.5 Å². The Bertz CT molecular complexity index is 1220. The molecule has 0 bridgehead atoms. The van der Waals surface area contributed by atoms with Crippen molar-refractivity contribution in [1.29, 1.82) is 0 Å². The van der Waals surface area contributed by atoms with Crippen LogP contribution >= 0.6 is 0 Å². The summed E-state index contributed by atoms with van der Waals surface area (Å²) in [7, 11) is 1.55. The monoisotopic (exact) mass is 411 g/mol. The first-order valence-corrected chi connectivity index (χ1v) is 10.0. The maximum atomic E-state index is 14.0. The first-order chi connectivity index (χ1) is 15.1. The van der Waals surface area contributed by atoms with Crippen molar-refractivity contribution in [3.8, 4) is 5.75 Å². The van der Waals surface area contributed by atoms with Crippen LogP contribution in [0.1, 0.15) is 15.9 Å². The van der Waals surface area contributed by atoms with Crippen molar-refractivity contribution in [3.63, 3.8) is 0 Å². The van der Waals surface area contributed by atoms with Crippen molar-refractivity contribution < 1.29 is 14.3 Å². The Balaban J connectivity index is 1.84. The van der Waals surface area contributed by atoms with Gasteiger partial charge in [-0.2, -0.15) is 0 Å². The SMILES string of the molecule is C=CCN1C(=O)[C@@]2(Nc3ccccc3C(=O)N2c2ccccc2OC)c2ccccc21. The first-order valence-electron chi connectivity index (χ1n) is 10.0. The molecule has 0 aliphatic carbocycles. The summed E-state index contributed by atoms with van der Waals surface area (Å²) in [6, 6.07) is 22.0. The largest absolute Gasteiger partial charge is 0.495 e. The van der Waals surface area contributed by atoms with Crippen LogP contribution in [0.25, 0.3) is 0 Å². The van der Waals surface area contributed by atoms with Gasteiger partial charge in [0.25, 0.3) is 11.8 Å². The molecule has 31 heavy (non-hydrogen) atoms. The molecular weight excluding hydrogens is 390 g/mol. The molecule has 154 valence electrons. The van der Waals surface area contributed by atoms with Gasteiger partial charge in [0, 0.05) is 17.8 Å². The van der Waals surface area contributed by atoms with E-state index in [1.165, 1.54) is 4.90 Å². The minimum atomic E-state index is -1.44. The lowest BCUT2D eigenvalue weighted by Gasteiger charge is -2.45. The lowest BCUT2D eigenvalue weighted by Crippen LogP contribution is -2.63. The molecular formula is C25H21N3O3. The van der Waals surface area contributed by atoms with E-state index in [9.17, 15) is 9.59 Å². The Labute approximate surface area is 180 Å². The average Bonchev–Trinajstić information content (AvgIpc) is 3.03. The van der Waals surface area contributed by atoms with Crippen LogP contribution in [0, 0.1) is 0 Å². The normalized spacial score (nSPS) is 19.1. The number of para-hydroxylation sites is 4. The third-order valence-electron chi connectivity index (χ3n) is 5.79. The van der Waals surface area contributed by atoms with Crippen molar-refractivity contribution in [2.75, 3.05) is 28.8 Å². The topological polar surface area (TPSA) is 61.9 Å². The molecule has 0 unspecified atom stereocenters. The Hall–Kier alpha value is -4.06. The molecule has 0 saturated heterocycles. The number of rotatable bonds is 4. The summed E-state index contributed by atoms with van der Waals surface area (Å²) in [6.07, 6.45) is 1.68. The Morgan fingerprint density at radius 3 is 2.42 bits per heavy atom. The number of fused-ring (bicyclic) bond motifs is 3. The van der Waals surface area contributed by atoms with E-state index >= 15 is 0 Å². The predicted octanol–water partition coefficient (Wildman–Crippen LogP) is 4.15. The number of benzene rings is 3. The fraction of sp³-hybridized carbons (Fsp3) is 0.120. The van der Waals surface area contributed by atoms with E-state index < -0.39 is 5.66 Å². The lowest BCUT2D eigenvalue weighted by atomic mass is 9.92. The van der Waals surface area contributed by atoms with E-state index in [1.807, 2.05) is 54.6 Å². The minimum Gasteiger partial charge on any atom is -0.495 e. The number of hydrogen-bond donors (Lipinski definition) is 1. The molecule has 0 fully saturated rings. The number of nitrogens with zero attached hydrogens (tertiary/aromatic N) is 2. The van der Waals surface area contributed by atoms with Crippen LogP contribution in [0.4, 0.5) is 17.1 Å². The van der Waals surface area contributed by atoms with Gasteiger partial charge in [-0.3, -0.25) is 14.5 Å². The highest BCUT2D eigenvalue weighted by Crippen LogP contribution is 2.50. The molecule has 5 rings (SSSR count). The zero-order chi connectivity index (χ0) is 21.6. The van der Waals surface area contributed by atoms with Crippen LogP contribution in [0.3, 0.4) is 0 Å². The van der Waals surface area contributed by atoms with Gasteiger partial charge in [0.1, 0.15) is 5.75 Å². The maximum absolute atomic E-state index is 14.0. The number of carbonyl (C=O) groups is 2. The molecule has 2 aliphatic rings. The smallest absolute Gasteiger partial charge is 0.279 e. The Kier molecular flexibility index (Phi) is 4.29. The van der Waals surface area contributed by atoms with Crippen LogP contribution < -0.4 is 19.9 Å². The van der Waals surface area contributed by atoms with Gasteiger partial charge >= 0.3 is 0 Å². The highest BCUT2D eigenvalue weighted by atomic mass is 16.5. The molecule has 2 amide bonds. The molecule has 0 radical (unpaired) electrons. The van der Waals surface area contributed by atoms with Crippen molar-refractivity contribution in [2.24, 2.45) is 0 Å². The van der Waals surface area contributed by atoms with Crippen molar-refractivity contribution in [1.82, 2.24) is 0 Å². The van der Waals surface area contributed by atoms with E-state index in [-0.39, 0.29) is 11.8 Å². The van der Waals surface area contributed by atoms with Crippen molar-refractivity contribution in [2.45, 2.75) is 5.66 Å². The van der Waals surface area contributed by atoms with Crippen molar-refractivity contribution >= 4 is 28.9 Å². The van der Waals surface area contributed by atoms with E-state index in [0.717, 1.165) is 5.69 Å². The summed E-state index contributed by atoms with van der Waals surface area (Å²) in [5.41, 5.74) is 1.62. The summed E-state index contributed by atoms with van der Waals surface area (Å²) in [5, 5.41) is 3.42. The number of methoxy groups -OCH3 is 1.